The molecule has 3 nitrogen and oxygen atoms in total. The summed E-state index contributed by atoms with van der Waals surface area (Å²) in [5.74, 6) is 0.726. The van der Waals surface area contributed by atoms with E-state index in [1.165, 1.54) is 0 Å². The molecule has 114 valence electrons. The molecule has 1 atom stereocenters. The summed E-state index contributed by atoms with van der Waals surface area (Å²) in [6, 6.07) is 13.9. The number of fused-ring (bicyclic) bond motifs is 1. The molecule has 2 aromatic rings. The maximum absolute atomic E-state index is 11.2. The van der Waals surface area contributed by atoms with Gasteiger partial charge < -0.3 is 4.74 Å². The second kappa shape index (κ2) is 6.67. The molecule has 0 amide bonds. The van der Waals surface area contributed by atoms with Crippen molar-refractivity contribution in [1.29, 1.82) is 0 Å². The molecule has 2 aromatic carbocycles. The highest BCUT2D eigenvalue weighted by Crippen LogP contribution is 2.23. The summed E-state index contributed by atoms with van der Waals surface area (Å²) in [5, 5.41) is 2.25. The summed E-state index contributed by atoms with van der Waals surface area (Å²) < 4.78 is 28.2. The van der Waals surface area contributed by atoms with Gasteiger partial charge in [0.15, 0.2) is 0 Å². The minimum atomic E-state index is -3.52. The van der Waals surface area contributed by atoms with E-state index in [-0.39, 0.29) is 17.6 Å². The van der Waals surface area contributed by atoms with Gasteiger partial charge in [-0.2, -0.15) is 0 Å². The molecule has 0 fully saturated rings. The minimum absolute atomic E-state index is 0.0696. The Labute approximate surface area is 130 Å². The molecular weight excluding hydrogens is 308 g/mol. The van der Waals surface area contributed by atoms with Crippen molar-refractivity contribution in [3.05, 3.63) is 42.5 Å². The lowest BCUT2D eigenvalue weighted by Crippen LogP contribution is -2.24. The molecule has 0 spiro atoms. The van der Waals surface area contributed by atoms with Crippen molar-refractivity contribution >= 4 is 30.5 Å². The van der Waals surface area contributed by atoms with Gasteiger partial charge in [0, 0.05) is 16.6 Å². The molecule has 2 rings (SSSR count). The molecule has 0 heterocycles. The molecule has 0 N–H and O–H groups in total. The van der Waals surface area contributed by atoms with Crippen molar-refractivity contribution in [2.75, 3.05) is 12.4 Å². The van der Waals surface area contributed by atoms with E-state index in [4.69, 9.17) is 15.4 Å². The Bertz CT molecular complexity index is 710. The normalized spacial score (nSPS) is 13.5. The molecule has 0 aliphatic carbocycles. The summed E-state index contributed by atoms with van der Waals surface area (Å²) in [5.41, 5.74) is 0. The Morgan fingerprint density at radius 1 is 1.10 bits per heavy atom. The molecule has 0 saturated carbocycles. The average Bonchev–Trinajstić information content (AvgIpc) is 2.41. The van der Waals surface area contributed by atoms with Crippen LogP contribution in [0.5, 0.6) is 5.75 Å². The highest BCUT2D eigenvalue weighted by atomic mass is 35.7. The van der Waals surface area contributed by atoms with Gasteiger partial charge in [-0.25, -0.2) is 8.42 Å². The van der Waals surface area contributed by atoms with Crippen LogP contribution in [-0.4, -0.2) is 20.8 Å². The van der Waals surface area contributed by atoms with Gasteiger partial charge in [0.1, 0.15) is 5.75 Å². The number of rotatable bonds is 6. The zero-order chi connectivity index (χ0) is 15.5. The minimum Gasteiger partial charge on any atom is -0.493 e. The lowest BCUT2D eigenvalue weighted by Gasteiger charge is -2.20. The third kappa shape index (κ3) is 4.90. The van der Waals surface area contributed by atoms with E-state index in [1.54, 1.807) is 0 Å². The summed E-state index contributed by atoms with van der Waals surface area (Å²) in [7, 11) is 1.83. The van der Waals surface area contributed by atoms with Gasteiger partial charge in [-0.15, -0.1) is 0 Å². The Kier molecular flexibility index (Phi) is 5.12. The second-order valence-corrected chi connectivity index (χ2v) is 8.35. The largest absolute Gasteiger partial charge is 0.493 e. The zero-order valence-corrected chi connectivity index (χ0v) is 13.7. The average molecular weight is 327 g/mol. The molecule has 5 heteroatoms. The van der Waals surface area contributed by atoms with E-state index in [9.17, 15) is 8.42 Å². The van der Waals surface area contributed by atoms with Gasteiger partial charge in [0.2, 0.25) is 9.05 Å². The van der Waals surface area contributed by atoms with Gasteiger partial charge in [-0.3, -0.25) is 0 Å². The van der Waals surface area contributed by atoms with Crippen LogP contribution in [-0.2, 0) is 9.05 Å². The predicted molar refractivity (Wildman–Crippen MR) is 87.4 cm³/mol. The van der Waals surface area contributed by atoms with E-state index in [2.05, 4.69) is 0 Å². The molecule has 0 aliphatic rings. The van der Waals surface area contributed by atoms with Crippen LogP contribution < -0.4 is 4.74 Å². The first-order valence-corrected chi connectivity index (χ1v) is 9.37. The van der Waals surface area contributed by atoms with Crippen LogP contribution in [0.15, 0.2) is 42.5 Å². The van der Waals surface area contributed by atoms with Crippen molar-refractivity contribution < 1.29 is 13.2 Å². The Morgan fingerprint density at radius 2 is 1.76 bits per heavy atom. The van der Waals surface area contributed by atoms with Crippen molar-refractivity contribution in [2.24, 2.45) is 11.8 Å². The van der Waals surface area contributed by atoms with Crippen LogP contribution in [0.2, 0.25) is 0 Å². The lowest BCUT2D eigenvalue weighted by molar-refractivity contribution is 0.225. The maximum atomic E-state index is 11.2. The molecule has 0 bridgehead atoms. The van der Waals surface area contributed by atoms with Crippen molar-refractivity contribution in [1.82, 2.24) is 0 Å². The first-order valence-electron chi connectivity index (χ1n) is 6.89. The monoisotopic (exact) mass is 326 g/mol. The van der Waals surface area contributed by atoms with Gasteiger partial charge in [-0.1, -0.05) is 44.2 Å². The molecular formula is C16H19ClO3S. The summed E-state index contributed by atoms with van der Waals surface area (Å²) in [6.45, 7) is 4.27. The van der Waals surface area contributed by atoms with Crippen LogP contribution in [0.25, 0.3) is 10.8 Å². The smallest absolute Gasteiger partial charge is 0.233 e. The number of benzene rings is 2. The number of ether oxygens (including phenoxy) is 1. The van der Waals surface area contributed by atoms with Crippen molar-refractivity contribution in [3.63, 3.8) is 0 Å². The topological polar surface area (TPSA) is 43.4 Å². The third-order valence-electron chi connectivity index (χ3n) is 3.54. The Morgan fingerprint density at radius 3 is 2.38 bits per heavy atom. The fraction of sp³-hybridized carbons (Fsp3) is 0.375. The van der Waals surface area contributed by atoms with Crippen LogP contribution >= 0.6 is 10.7 Å². The Balaban J connectivity index is 2.08. The zero-order valence-electron chi connectivity index (χ0n) is 12.1. The third-order valence-corrected chi connectivity index (χ3v) is 4.75. The van der Waals surface area contributed by atoms with Crippen LogP contribution in [0.4, 0.5) is 0 Å². The van der Waals surface area contributed by atoms with E-state index < -0.39 is 9.05 Å². The van der Waals surface area contributed by atoms with Crippen molar-refractivity contribution in [2.45, 2.75) is 13.8 Å². The molecule has 0 aromatic heterocycles. The summed E-state index contributed by atoms with van der Waals surface area (Å²) >= 11 is 0. The van der Waals surface area contributed by atoms with E-state index >= 15 is 0 Å². The molecule has 0 saturated heterocycles. The summed E-state index contributed by atoms with van der Waals surface area (Å²) in [4.78, 5) is 0. The van der Waals surface area contributed by atoms with E-state index in [0.717, 1.165) is 16.5 Å². The first kappa shape index (κ1) is 16.1. The fourth-order valence-corrected chi connectivity index (χ4v) is 3.63. The number of hydrogen-bond acceptors (Lipinski definition) is 3. The van der Waals surface area contributed by atoms with E-state index in [0.29, 0.717) is 6.61 Å². The fourth-order valence-electron chi connectivity index (χ4n) is 2.15. The molecule has 1 unspecified atom stereocenters. The Hall–Kier alpha value is -1.26. The van der Waals surface area contributed by atoms with Gasteiger partial charge in [0.05, 0.1) is 12.4 Å². The van der Waals surface area contributed by atoms with Gasteiger partial charge in [-0.05, 0) is 28.8 Å². The maximum Gasteiger partial charge on any atom is 0.233 e. The second-order valence-electron chi connectivity index (χ2n) is 5.53. The summed E-state index contributed by atoms with van der Waals surface area (Å²) in [6.07, 6.45) is 0. The van der Waals surface area contributed by atoms with Crippen LogP contribution in [0.3, 0.4) is 0 Å². The number of hydrogen-bond donors (Lipinski definition) is 0. The van der Waals surface area contributed by atoms with Crippen LogP contribution in [0.1, 0.15) is 13.8 Å². The molecule has 21 heavy (non-hydrogen) atoms. The quantitative estimate of drug-likeness (QED) is 0.752. The van der Waals surface area contributed by atoms with Crippen LogP contribution in [0, 0.1) is 11.8 Å². The number of halogens is 1. The first-order chi connectivity index (χ1) is 9.85. The standard InChI is InChI=1S/C16H19ClO3S/c1-12(2)15(11-21(17,18)19)10-20-16-8-7-13-5-3-4-6-14(13)9-16/h3-9,12,15H,10-11H2,1-2H3. The SMILES string of the molecule is CC(C)C(COc1ccc2ccccc2c1)CS(=O)(=O)Cl. The van der Waals surface area contributed by atoms with Gasteiger partial charge >= 0.3 is 0 Å². The highest BCUT2D eigenvalue weighted by Gasteiger charge is 2.21. The molecule has 0 radical (unpaired) electrons. The lowest BCUT2D eigenvalue weighted by atomic mass is 9.99. The highest BCUT2D eigenvalue weighted by molar-refractivity contribution is 8.13. The molecule has 0 aliphatic heterocycles. The van der Waals surface area contributed by atoms with E-state index in [1.807, 2.05) is 56.3 Å². The van der Waals surface area contributed by atoms with Gasteiger partial charge in [0.25, 0.3) is 0 Å². The van der Waals surface area contributed by atoms with Crippen molar-refractivity contribution in [3.8, 4) is 5.75 Å². The predicted octanol–water partition coefficient (Wildman–Crippen LogP) is 4.06.